The number of aliphatic hydroxyl groups excluding tert-OH is 2. The lowest BCUT2D eigenvalue weighted by molar-refractivity contribution is 0.233. The fourth-order valence-corrected chi connectivity index (χ4v) is 18.3. The molecule has 16 aromatic carbocycles. The maximum atomic E-state index is 10.3. The normalized spacial score (nSPS) is 13.4. The van der Waals surface area contributed by atoms with Crippen molar-refractivity contribution < 1.29 is 40.1 Å². The summed E-state index contributed by atoms with van der Waals surface area (Å²) in [6.45, 7) is 13.6. The summed E-state index contributed by atoms with van der Waals surface area (Å²) < 4.78 is 11.7. The monoisotopic (exact) mass is 1450 g/mol. The molecule has 0 radical (unpaired) electrons. The van der Waals surface area contributed by atoms with E-state index in [1.807, 2.05) is 62.4 Å². The molecule has 19 rings (SSSR count). The molecule has 0 fully saturated rings. The Bertz CT molecular complexity index is 5980. The molecule has 3 aliphatic rings. The SMILES string of the molecule is Cc1cc(C2(c3cc(C)c4cc(O)ccc4c3)c3ccccc3-c3ccccc32)cc2ccc(O)cc12.Cc1ccc2c(c1)-c1cc(C)ccc1C2(c1ccc(O)c(C)c1)c1ccc(O)c(C)c1.OCCCOc1ccc2cc(C3(c4ccc5cc(OCCCO)ccc5c4)c4ccccc4-c4ccccc43)ccc2c1. The molecule has 0 aromatic heterocycles. The number of hydrogen-bond donors (Lipinski definition) is 6. The summed E-state index contributed by atoms with van der Waals surface area (Å²) in [5.41, 5.74) is 27.0. The molecule has 546 valence electrons. The third-order valence-electron chi connectivity index (χ3n) is 23.4. The van der Waals surface area contributed by atoms with Crippen LogP contribution in [0.1, 0.15) is 113 Å². The minimum Gasteiger partial charge on any atom is -0.508 e. The predicted octanol–water partition coefficient (Wildman–Crippen LogP) is 23.0. The minimum atomic E-state index is -0.525. The Hall–Kier alpha value is -12.7. The number of benzene rings is 16. The summed E-state index contributed by atoms with van der Waals surface area (Å²) in [7, 11) is 0. The van der Waals surface area contributed by atoms with Gasteiger partial charge in [0.05, 0.1) is 29.5 Å². The van der Waals surface area contributed by atoms with E-state index in [2.05, 4.69) is 258 Å². The third kappa shape index (κ3) is 12.0. The molecule has 0 heterocycles. The van der Waals surface area contributed by atoms with Crippen molar-refractivity contribution in [1.82, 2.24) is 0 Å². The van der Waals surface area contributed by atoms with Gasteiger partial charge in [0.25, 0.3) is 0 Å². The fourth-order valence-electron chi connectivity index (χ4n) is 18.3. The van der Waals surface area contributed by atoms with Crippen LogP contribution in [0.15, 0.2) is 303 Å². The molecule has 8 nitrogen and oxygen atoms in total. The van der Waals surface area contributed by atoms with Gasteiger partial charge < -0.3 is 40.1 Å². The van der Waals surface area contributed by atoms with Gasteiger partial charge in [0.1, 0.15) is 34.5 Å². The first-order chi connectivity index (χ1) is 54.0. The van der Waals surface area contributed by atoms with E-state index >= 15 is 0 Å². The van der Waals surface area contributed by atoms with Gasteiger partial charge in [-0.05, 0) is 292 Å². The lowest BCUT2D eigenvalue weighted by Gasteiger charge is -2.35. The summed E-state index contributed by atoms with van der Waals surface area (Å²) in [6, 6.07) is 107. The Kier molecular flexibility index (Phi) is 18.4. The Labute approximate surface area is 647 Å². The van der Waals surface area contributed by atoms with Gasteiger partial charge in [0.2, 0.25) is 0 Å². The van der Waals surface area contributed by atoms with E-state index in [9.17, 15) is 20.4 Å². The molecule has 8 heteroatoms. The van der Waals surface area contributed by atoms with Crippen LogP contribution in [0, 0.1) is 41.5 Å². The summed E-state index contributed by atoms with van der Waals surface area (Å²) in [4.78, 5) is 0. The van der Waals surface area contributed by atoms with Crippen molar-refractivity contribution in [2.24, 2.45) is 0 Å². The second-order valence-electron chi connectivity index (χ2n) is 30.2. The highest BCUT2D eigenvalue weighted by Crippen LogP contribution is 2.61. The van der Waals surface area contributed by atoms with Crippen molar-refractivity contribution in [3.8, 4) is 67.9 Å². The van der Waals surface area contributed by atoms with E-state index < -0.39 is 16.2 Å². The maximum Gasteiger partial charge on any atom is 0.119 e. The van der Waals surface area contributed by atoms with Crippen LogP contribution < -0.4 is 9.47 Å². The Balaban J connectivity index is 0.000000123. The van der Waals surface area contributed by atoms with E-state index in [0.29, 0.717) is 37.6 Å². The van der Waals surface area contributed by atoms with Crippen molar-refractivity contribution in [3.05, 3.63) is 403 Å². The molecular weight excluding hydrogens is 1370 g/mol. The van der Waals surface area contributed by atoms with Crippen LogP contribution in [0.4, 0.5) is 0 Å². The Morgan fingerprint density at radius 3 is 0.937 bits per heavy atom. The summed E-state index contributed by atoms with van der Waals surface area (Å²) in [6.07, 6.45) is 1.23. The zero-order valence-corrected chi connectivity index (χ0v) is 63.1. The smallest absolute Gasteiger partial charge is 0.119 e. The molecular formula is C103H86O8. The van der Waals surface area contributed by atoms with Crippen LogP contribution in [0.25, 0.3) is 76.5 Å². The Morgan fingerprint density at radius 2 is 0.559 bits per heavy atom. The second kappa shape index (κ2) is 28.7. The van der Waals surface area contributed by atoms with Gasteiger partial charge in [0, 0.05) is 26.1 Å². The minimum absolute atomic E-state index is 0.121. The van der Waals surface area contributed by atoms with Gasteiger partial charge in [-0.25, -0.2) is 0 Å². The number of ether oxygens (including phenoxy) is 2. The van der Waals surface area contributed by atoms with Crippen LogP contribution in [0.5, 0.6) is 34.5 Å². The van der Waals surface area contributed by atoms with E-state index in [1.54, 1.807) is 24.3 Å². The summed E-state index contributed by atoms with van der Waals surface area (Å²) >= 11 is 0. The van der Waals surface area contributed by atoms with E-state index in [0.717, 1.165) is 88.0 Å². The largest absolute Gasteiger partial charge is 0.508 e. The average molecular weight is 1450 g/mol. The van der Waals surface area contributed by atoms with Crippen molar-refractivity contribution in [1.29, 1.82) is 0 Å². The van der Waals surface area contributed by atoms with Crippen molar-refractivity contribution >= 4 is 43.1 Å². The molecule has 0 bridgehead atoms. The lowest BCUT2D eigenvalue weighted by atomic mass is 9.66. The predicted molar refractivity (Wildman–Crippen MR) is 451 cm³/mol. The zero-order valence-electron chi connectivity index (χ0n) is 63.1. The van der Waals surface area contributed by atoms with Crippen LogP contribution in [0.2, 0.25) is 0 Å². The summed E-state index contributed by atoms with van der Waals surface area (Å²) in [5.74, 6) is 2.79. The van der Waals surface area contributed by atoms with Crippen molar-refractivity contribution in [2.75, 3.05) is 26.4 Å². The third-order valence-corrected chi connectivity index (χ3v) is 23.4. The van der Waals surface area contributed by atoms with Crippen molar-refractivity contribution in [2.45, 2.75) is 70.6 Å². The van der Waals surface area contributed by atoms with Gasteiger partial charge >= 0.3 is 0 Å². The average Bonchev–Trinajstić information content (AvgIpc) is 1.55. The number of aryl methyl sites for hydroxylation is 6. The highest BCUT2D eigenvalue weighted by atomic mass is 16.5. The number of phenolic OH excluding ortho intramolecular Hbond substituents is 4. The first-order valence-corrected chi connectivity index (χ1v) is 38.3. The van der Waals surface area contributed by atoms with E-state index in [-0.39, 0.29) is 24.7 Å². The molecule has 0 saturated carbocycles. The molecule has 0 aliphatic heterocycles. The maximum absolute atomic E-state index is 10.3. The molecule has 0 atom stereocenters. The molecule has 0 amide bonds. The number of aliphatic hydroxyl groups is 2. The van der Waals surface area contributed by atoms with Crippen molar-refractivity contribution in [3.63, 3.8) is 0 Å². The standard InChI is InChI=1S/C39H34O4.C35H26O2.C29H26O2/c40-19-5-21-42-33-17-13-27-23-31(15-11-29(27)25-33)39(37-9-3-1-7-35(37)36-8-2-4-10-38(36)39)32-16-12-30-26-34(43-22-6-20-41)18-14-28(30)24-32;1-21-15-25(17-23-11-13-27(36)19-31(21)23)35(26-16-22(2)32-20-28(37)14-12-24(32)18-26)33-9-5-3-7-29(33)30-8-4-6-10-34(30)35;1-17-5-9-25-23(13-17)24-14-18(2)6-10-26(24)29(25,21-7-11-27(30)19(3)15-21)22-8-12-28(31)20(4)16-22/h1-4,7-18,23-26,40-41H,5-6,19-22H2;3-20,36-37H,1-2H3;5-16,30-31H,1-4H3. The molecule has 16 aromatic rings. The van der Waals surface area contributed by atoms with Gasteiger partial charge in [-0.15, -0.1) is 0 Å². The molecule has 0 saturated heterocycles. The fraction of sp³-hybridized carbons (Fsp3) is 0.146. The highest BCUT2D eigenvalue weighted by Gasteiger charge is 2.49. The zero-order chi connectivity index (χ0) is 76.5. The van der Waals surface area contributed by atoms with E-state index in [1.165, 1.54) is 100 Å². The molecule has 0 unspecified atom stereocenters. The van der Waals surface area contributed by atoms with Gasteiger partial charge in [-0.3, -0.25) is 0 Å². The topological polar surface area (TPSA) is 140 Å². The number of hydrogen-bond acceptors (Lipinski definition) is 8. The summed E-state index contributed by atoms with van der Waals surface area (Å²) in [5, 5.41) is 67.9. The highest BCUT2D eigenvalue weighted by molar-refractivity contribution is 5.96. The van der Waals surface area contributed by atoms with Crippen LogP contribution in [-0.2, 0) is 16.2 Å². The van der Waals surface area contributed by atoms with Crippen LogP contribution in [-0.4, -0.2) is 57.1 Å². The number of fused-ring (bicyclic) bond motifs is 13. The van der Waals surface area contributed by atoms with Gasteiger partial charge in [0.15, 0.2) is 0 Å². The number of phenols is 4. The first kappa shape index (κ1) is 71.2. The first-order valence-electron chi connectivity index (χ1n) is 38.3. The van der Waals surface area contributed by atoms with E-state index in [4.69, 9.17) is 19.7 Å². The Morgan fingerprint density at radius 1 is 0.252 bits per heavy atom. The lowest BCUT2D eigenvalue weighted by Crippen LogP contribution is -2.29. The van der Waals surface area contributed by atoms with Crippen LogP contribution in [0.3, 0.4) is 0 Å². The van der Waals surface area contributed by atoms with Crippen LogP contribution >= 0.6 is 0 Å². The number of rotatable bonds is 14. The quantitative estimate of drug-likeness (QED) is 0.0592. The molecule has 0 spiro atoms. The van der Waals surface area contributed by atoms with Gasteiger partial charge in [-0.1, -0.05) is 230 Å². The molecule has 111 heavy (non-hydrogen) atoms. The molecule has 3 aliphatic carbocycles. The second-order valence-corrected chi connectivity index (χ2v) is 30.2. The molecule has 6 N–H and O–H groups in total. The van der Waals surface area contributed by atoms with Gasteiger partial charge in [-0.2, -0.15) is 0 Å². The number of aromatic hydroxyl groups is 4.